The number of hydrogen-bond acceptors (Lipinski definition) is 4. The Bertz CT molecular complexity index is 419. The van der Waals surface area contributed by atoms with Crippen LogP contribution in [0.2, 0.25) is 0 Å². The highest BCUT2D eigenvalue weighted by Crippen LogP contribution is 2.34. The minimum absolute atomic E-state index is 0.766. The molecule has 1 aromatic rings. The van der Waals surface area contributed by atoms with Crippen molar-refractivity contribution >= 4 is 11.8 Å². The van der Waals surface area contributed by atoms with Crippen LogP contribution in [0.4, 0.5) is 0 Å². The van der Waals surface area contributed by atoms with Crippen molar-refractivity contribution in [3.05, 3.63) is 29.8 Å². The van der Waals surface area contributed by atoms with Crippen molar-refractivity contribution in [3.63, 3.8) is 0 Å². The lowest BCUT2D eigenvalue weighted by molar-refractivity contribution is 0.353. The van der Waals surface area contributed by atoms with E-state index in [1.165, 1.54) is 10.5 Å². The molecule has 0 bridgehead atoms. The topological polar surface area (TPSA) is 30.5 Å². The van der Waals surface area contributed by atoms with E-state index < -0.39 is 0 Å². The van der Waals surface area contributed by atoms with Gasteiger partial charge in [0, 0.05) is 18.0 Å². The minimum Gasteiger partial charge on any atom is -0.493 e. The zero-order valence-corrected chi connectivity index (χ0v) is 12.3. The first-order valence-electron chi connectivity index (χ1n) is 5.76. The number of ether oxygens (including phenoxy) is 2. The van der Waals surface area contributed by atoms with Gasteiger partial charge in [-0.15, -0.1) is 11.8 Å². The molecule has 0 saturated carbocycles. The second-order valence-corrected chi connectivity index (χ2v) is 4.93. The molecule has 0 aliphatic heterocycles. The van der Waals surface area contributed by atoms with Gasteiger partial charge in [-0.2, -0.15) is 0 Å². The molecule has 0 saturated heterocycles. The van der Waals surface area contributed by atoms with Gasteiger partial charge in [0.05, 0.1) is 14.2 Å². The number of rotatable bonds is 7. The highest BCUT2D eigenvalue weighted by atomic mass is 32.2. The van der Waals surface area contributed by atoms with Crippen molar-refractivity contribution in [2.24, 2.45) is 0 Å². The molecule has 0 spiro atoms. The fourth-order valence-corrected chi connectivity index (χ4v) is 2.26. The summed E-state index contributed by atoms with van der Waals surface area (Å²) in [5.41, 5.74) is 2.34. The Hall–Kier alpha value is -1.13. The number of benzene rings is 1. The molecule has 0 amide bonds. The predicted molar refractivity (Wildman–Crippen MR) is 77.8 cm³/mol. The summed E-state index contributed by atoms with van der Waals surface area (Å²) in [5.74, 6) is 1.54. The van der Waals surface area contributed by atoms with E-state index in [0.717, 1.165) is 30.2 Å². The normalized spacial score (nSPS) is 10.2. The van der Waals surface area contributed by atoms with Crippen molar-refractivity contribution in [2.75, 3.05) is 27.0 Å². The fourth-order valence-electron chi connectivity index (χ4n) is 1.64. The van der Waals surface area contributed by atoms with Crippen LogP contribution < -0.4 is 14.8 Å². The van der Waals surface area contributed by atoms with E-state index in [-0.39, 0.29) is 0 Å². The SMILES string of the molecule is C=C(C)CNCc1cc(OC)c(OC)cc1SC. The third kappa shape index (κ3) is 3.96. The van der Waals surface area contributed by atoms with Crippen LogP contribution in [0.3, 0.4) is 0 Å². The van der Waals surface area contributed by atoms with Crippen molar-refractivity contribution in [2.45, 2.75) is 18.4 Å². The van der Waals surface area contributed by atoms with E-state index in [9.17, 15) is 0 Å². The predicted octanol–water partition coefficient (Wildman–Crippen LogP) is 3.09. The summed E-state index contributed by atoms with van der Waals surface area (Å²) >= 11 is 1.70. The molecule has 0 atom stereocenters. The zero-order chi connectivity index (χ0) is 13.5. The van der Waals surface area contributed by atoms with Crippen LogP contribution >= 0.6 is 11.8 Å². The van der Waals surface area contributed by atoms with Crippen molar-refractivity contribution in [1.29, 1.82) is 0 Å². The quantitative estimate of drug-likeness (QED) is 0.607. The van der Waals surface area contributed by atoms with E-state index in [1.807, 2.05) is 19.1 Å². The molecule has 0 unspecified atom stereocenters. The van der Waals surface area contributed by atoms with Crippen LogP contribution in [-0.4, -0.2) is 27.0 Å². The van der Waals surface area contributed by atoms with Gasteiger partial charge in [-0.3, -0.25) is 0 Å². The minimum atomic E-state index is 0.766. The Balaban J connectivity index is 2.91. The molecule has 1 aromatic carbocycles. The summed E-state index contributed by atoms with van der Waals surface area (Å²) in [6.45, 7) is 7.51. The molecule has 0 aliphatic rings. The lowest BCUT2D eigenvalue weighted by atomic mass is 10.2. The summed E-state index contributed by atoms with van der Waals surface area (Å²) in [6, 6.07) is 4.04. The van der Waals surface area contributed by atoms with E-state index in [4.69, 9.17) is 9.47 Å². The number of methoxy groups -OCH3 is 2. The molecule has 3 nitrogen and oxygen atoms in total. The second kappa shape index (κ2) is 7.34. The molecule has 0 radical (unpaired) electrons. The molecule has 0 aliphatic carbocycles. The average molecular weight is 267 g/mol. The summed E-state index contributed by atoms with van der Waals surface area (Å²) in [4.78, 5) is 1.20. The van der Waals surface area contributed by atoms with Gasteiger partial charge in [0.2, 0.25) is 0 Å². The molecule has 4 heteroatoms. The van der Waals surface area contributed by atoms with Crippen LogP contribution in [-0.2, 0) is 6.54 Å². The fraction of sp³-hybridized carbons (Fsp3) is 0.429. The third-order valence-electron chi connectivity index (χ3n) is 2.53. The molecule has 1 N–H and O–H groups in total. The maximum absolute atomic E-state index is 5.32. The standard InChI is InChI=1S/C14H21NO2S/c1-10(2)8-15-9-11-6-12(16-3)13(17-4)7-14(11)18-5/h6-7,15H,1,8-9H2,2-5H3. The first-order valence-corrected chi connectivity index (χ1v) is 6.98. The Morgan fingerprint density at radius 1 is 1.28 bits per heavy atom. The lowest BCUT2D eigenvalue weighted by Crippen LogP contribution is -2.15. The molecule has 18 heavy (non-hydrogen) atoms. The summed E-state index contributed by atoms with van der Waals surface area (Å²) in [7, 11) is 3.31. The highest BCUT2D eigenvalue weighted by Gasteiger charge is 2.10. The van der Waals surface area contributed by atoms with Crippen LogP contribution in [0.25, 0.3) is 0 Å². The largest absolute Gasteiger partial charge is 0.493 e. The molecular formula is C14H21NO2S. The number of thioether (sulfide) groups is 1. The monoisotopic (exact) mass is 267 g/mol. The van der Waals surface area contributed by atoms with Crippen LogP contribution in [0, 0.1) is 0 Å². The second-order valence-electron chi connectivity index (χ2n) is 4.08. The number of hydrogen-bond donors (Lipinski definition) is 1. The van der Waals surface area contributed by atoms with Crippen LogP contribution in [0.15, 0.2) is 29.2 Å². The van der Waals surface area contributed by atoms with Gasteiger partial charge in [0.15, 0.2) is 11.5 Å². The summed E-state index contributed by atoms with van der Waals surface area (Å²) in [6.07, 6.45) is 2.06. The van der Waals surface area contributed by atoms with Crippen molar-refractivity contribution in [3.8, 4) is 11.5 Å². The Morgan fingerprint density at radius 2 is 1.89 bits per heavy atom. The molecule has 100 valence electrons. The lowest BCUT2D eigenvalue weighted by Gasteiger charge is -2.14. The molecule has 0 heterocycles. The van der Waals surface area contributed by atoms with Gasteiger partial charge in [0.1, 0.15) is 0 Å². The zero-order valence-electron chi connectivity index (χ0n) is 11.5. The van der Waals surface area contributed by atoms with Gasteiger partial charge in [-0.05, 0) is 30.9 Å². The number of nitrogens with one attached hydrogen (secondary N) is 1. The van der Waals surface area contributed by atoms with Gasteiger partial charge < -0.3 is 14.8 Å². The van der Waals surface area contributed by atoms with Gasteiger partial charge in [-0.25, -0.2) is 0 Å². The molecule has 1 rings (SSSR count). The third-order valence-corrected chi connectivity index (χ3v) is 3.35. The van der Waals surface area contributed by atoms with Crippen LogP contribution in [0.5, 0.6) is 11.5 Å². The Kier molecular flexibility index (Phi) is 6.09. The Labute approximate surface area is 114 Å². The summed E-state index contributed by atoms with van der Waals surface area (Å²) in [5, 5.41) is 3.36. The van der Waals surface area contributed by atoms with Gasteiger partial charge >= 0.3 is 0 Å². The smallest absolute Gasteiger partial charge is 0.161 e. The summed E-state index contributed by atoms with van der Waals surface area (Å²) < 4.78 is 10.6. The molecule has 0 aromatic heterocycles. The maximum Gasteiger partial charge on any atom is 0.161 e. The first kappa shape index (κ1) is 14.9. The maximum atomic E-state index is 5.32. The van der Waals surface area contributed by atoms with E-state index in [1.54, 1.807) is 26.0 Å². The van der Waals surface area contributed by atoms with Gasteiger partial charge in [-0.1, -0.05) is 12.2 Å². The van der Waals surface area contributed by atoms with E-state index >= 15 is 0 Å². The highest BCUT2D eigenvalue weighted by molar-refractivity contribution is 7.98. The van der Waals surface area contributed by atoms with Crippen molar-refractivity contribution in [1.82, 2.24) is 5.32 Å². The van der Waals surface area contributed by atoms with E-state index in [0.29, 0.717) is 0 Å². The van der Waals surface area contributed by atoms with Gasteiger partial charge in [0.25, 0.3) is 0 Å². The van der Waals surface area contributed by atoms with E-state index in [2.05, 4.69) is 18.2 Å². The first-order chi connectivity index (χ1) is 8.62. The Morgan fingerprint density at radius 3 is 2.39 bits per heavy atom. The average Bonchev–Trinajstić information content (AvgIpc) is 2.37. The van der Waals surface area contributed by atoms with Crippen LogP contribution in [0.1, 0.15) is 12.5 Å². The van der Waals surface area contributed by atoms with Crippen molar-refractivity contribution < 1.29 is 9.47 Å². The molecular weight excluding hydrogens is 246 g/mol. The molecule has 0 fully saturated rings.